The average Bonchev–Trinajstić information content (AvgIpc) is 2.20. The van der Waals surface area contributed by atoms with Crippen LogP contribution in [0.15, 0.2) is 11.2 Å². The Bertz CT molecular complexity index is 231. The van der Waals surface area contributed by atoms with Gasteiger partial charge in [0.05, 0.1) is 11.9 Å². The van der Waals surface area contributed by atoms with Gasteiger partial charge in [-0.1, -0.05) is 15.9 Å². The fourth-order valence-corrected chi connectivity index (χ4v) is 1.11. The number of halogens is 1. The minimum absolute atomic E-state index is 1.14. The summed E-state index contributed by atoms with van der Waals surface area (Å²) >= 11 is 3.22. The van der Waals surface area contributed by atoms with E-state index in [1.807, 2.05) is 35.9 Å². The van der Waals surface area contributed by atoms with E-state index in [0.29, 0.717) is 0 Å². The van der Waals surface area contributed by atoms with Crippen molar-refractivity contribution in [1.82, 2.24) is 9.78 Å². The maximum Gasteiger partial charge on any atom is 0.0640 e. The van der Waals surface area contributed by atoms with Crippen molar-refractivity contribution in [1.29, 1.82) is 0 Å². The van der Waals surface area contributed by atoms with Crippen LogP contribution >= 0.6 is 15.9 Å². The van der Waals surface area contributed by atoms with E-state index in [1.54, 1.807) is 0 Å². The van der Waals surface area contributed by atoms with Crippen molar-refractivity contribution in [3.05, 3.63) is 22.4 Å². The smallest absolute Gasteiger partial charge is 0.0640 e. The molecule has 2 nitrogen and oxygen atoms in total. The van der Waals surface area contributed by atoms with Gasteiger partial charge in [-0.3, -0.25) is 4.68 Å². The Labute approximate surface area is 68.7 Å². The third kappa shape index (κ3) is 1.29. The Morgan fingerprint density at radius 2 is 2.40 bits per heavy atom. The quantitative estimate of drug-likeness (QED) is 0.680. The molecule has 0 aliphatic carbocycles. The molecule has 1 rings (SSSR count). The molecule has 3 heteroatoms. The van der Waals surface area contributed by atoms with Crippen LogP contribution in [0.5, 0.6) is 0 Å². The van der Waals surface area contributed by atoms with Gasteiger partial charge in [-0.15, -0.1) is 0 Å². The van der Waals surface area contributed by atoms with Crippen LogP contribution in [0.25, 0.3) is 6.08 Å². The summed E-state index contributed by atoms with van der Waals surface area (Å²) in [5.74, 6) is 0. The van der Waals surface area contributed by atoms with E-state index in [-0.39, 0.29) is 0 Å². The van der Waals surface area contributed by atoms with Crippen LogP contribution in [0.3, 0.4) is 0 Å². The van der Waals surface area contributed by atoms with Crippen molar-refractivity contribution >= 4 is 22.0 Å². The zero-order chi connectivity index (χ0) is 7.56. The molecule has 0 atom stereocenters. The molecule has 1 aromatic heterocycles. The van der Waals surface area contributed by atoms with E-state index in [1.165, 1.54) is 5.56 Å². The molecule has 0 saturated carbocycles. The molecule has 54 valence electrons. The number of aryl methyl sites for hydroxylation is 2. The fourth-order valence-electron chi connectivity index (χ4n) is 0.856. The van der Waals surface area contributed by atoms with Crippen LogP contribution in [0.4, 0.5) is 0 Å². The van der Waals surface area contributed by atoms with Gasteiger partial charge in [0.25, 0.3) is 0 Å². The molecular weight excluding hydrogens is 192 g/mol. The molecule has 10 heavy (non-hydrogen) atoms. The second-order valence-electron chi connectivity index (χ2n) is 2.13. The Morgan fingerprint density at radius 1 is 1.70 bits per heavy atom. The molecular formula is C7H9BrN2. The van der Waals surface area contributed by atoms with Crippen LogP contribution in [0.1, 0.15) is 11.3 Å². The molecule has 0 bridgehead atoms. The van der Waals surface area contributed by atoms with Crippen molar-refractivity contribution in [2.75, 3.05) is 0 Å². The first-order valence-electron chi connectivity index (χ1n) is 3.01. The summed E-state index contributed by atoms with van der Waals surface area (Å²) in [5.41, 5.74) is 2.33. The lowest BCUT2D eigenvalue weighted by Gasteiger charge is -1.93. The molecule has 0 aliphatic rings. The maximum atomic E-state index is 4.08. The minimum Gasteiger partial charge on any atom is -0.268 e. The van der Waals surface area contributed by atoms with Gasteiger partial charge < -0.3 is 0 Å². The van der Waals surface area contributed by atoms with E-state index < -0.39 is 0 Å². The predicted octanol–water partition coefficient (Wildman–Crippen LogP) is 2.09. The molecule has 0 radical (unpaired) electrons. The molecule has 0 amide bonds. The first kappa shape index (κ1) is 7.54. The average molecular weight is 201 g/mol. The first-order valence-corrected chi connectivity index (χ1v) is 3.92. The summed E-state index contributed by atoms with van der Waals surface area (Å²) in [7, 11) is 1.93. The lowest BCUT2D eigenvalue weighted by Crippen LogP contribution is -1.92. The second kappa shape index (κ2) is 3.01. The summed E-state index contributed by atoms with van der Waals surface area (Å²) < 4.78 is 1.84. The van der Waals surface area contributed by atoms with E-state index in [4.69, 9.17) is 0 Å². The Balaban J connectivity index is 3.10. The van der Waals surface area contributed by atoms with E-state index in [0.717, 1.165) is 5.69 Å². The largest absolute Gasteiger partial charge is 0.268 e. The van der Waals surface area contributed by atoms with Crippen LogP contribution in [-0.2, 0) is 7.05 Å². The van der Waals surface area contributed by atoms with Gasteiger partial charge in [0, 0.05) is 7.05 Å². The lowest BCUT2D eigenvalue weighted by molar-refractivity contribution is 0.759. The van der Waals surface area contributed by atoms with Gasteiger partial charge in [0.2, 0.25) is 0 Å². The SMILES string of the molecule is Cc1cnn(C)c1/C=C/Br. The van der Waals surface area contributed by atoms with Crippen LogP contribution in [-0.4, -0.2) is 9.78 Å². The van der Waals surface area contributed by atoms with Crippen LogP contribution in [0.2, 0.25) is 0 Å². The van der Waals surface area contributed by atoms with E-state index in [2.05, 4.69) is 21.0 Å². The Morgan fingerprint density at radius 3 is 2.80 bits per heavy atom. The minimum atomic E-state index is 1.14. The van der Waals surface area contributed by atoms with E-state index in [9.17, 15) is 0 Å². The molecule has 1 heterocycles. The standard InChI is InChI=1S/C7H9BrN2/c1-6-5-9-10(2)7(6)3-4-8/h3-5H,1-2H3/b4-3+. The third-order valence-electron chi connectivity index (χ3n) is 1.40. The second-order valence-corrected chi connectivity index (χ2v) is 2.66. The van der Waals surface area contributed by atoms with Crippen molar-refractivity contribution in [2.45, 2.75) is 6.92 Å². The highest BCUT2D eigenvalue weighted by Gasteiger charge is 1.97. The highest BCUT2D eigenvalue weighted by atomic mass is 79.9. The van der Waals surface area contributed by atoms with Gasteiger partial charge in [-0.25, -0.2) is 0 Å². The monoisotopic (exact) mass is 200 g/mol. The van der Waals surface area contributed by atoms with Gasteiger partial charge in [0.1, 0.15) is 0 Å². The molecule has 0 aliphatic heterocycles. The first-order chi connectivity index (χ1) is 4.75. The molecule has 0 unspecified atom stereocenters. The van der Waals surface area contributed by atoms with Crippen LogP contribution < -0.4 is 0 Å². The number of rotatable bonds is 1. The van der Waals surface area contributed by atoms with Crippen LogP contribution in [0, 0.1) is 6.92 Å². The van der Waals surface area contributed by atoms with Crippen molar-refractivity contribution in [2.24, 2.45) is 7.05 Å². The maximum absolute atomic E-state index is 4.08. The van der Waals surface area contributed by atoms with Crippen molar-refractivity contribution in [3.8, 4) is 0 Å². The zero-order valence-electron chi connectivity index (χ0n) is 6.00. The number of hydrogen-bond acceptors (Lipinski definition) is 1. The lowest BCUT2D eigenvalue weighted by atomic mass is 10.3. The summed E-state index contributed by atoms with van der Waals surface area (Å²) in [6.07, 6.45) is 3.82. The van der Waals surface area contributed by atoms with Gasteiger partial charge in [-0.05, 0) is 23.5 Å². The summed E-state index contributed by atoms with van der Waals surface area (Å²) in [4.78, 5) is 1.83. The summed E-state index contributed by atoms with van der Waals surface area (Å²) in [6, 6.07) is 0. The summed E-state index contributed by atoms with van der Waals surface area (Å²) in [5, 5.41) is 4.08. The Kier molecular flexibility index (Phi) is 2.27. The molecule has 1 aromatic rings. The molecule has 0 saturated heterocycles. The van der Waals surface area contributed by atoms with Gasteiger partial charge in [-0.2, -0.15) is 5.10 Å². The molecule has 0 spiro atoms. The number of aromatic nitrogens is 2. The van der Waals surface area contributed by atoms with Crippen molar-refractivity contribution < 1.29 is 0 Å². The summed E-state index contributed by atoms with van der Waals surface area (Å²) in [6.45, 7) is 2.04. The highest BCUT2D eigenvalue weighted by molar-refractivity contribution is 9.11. The number of nitrogens with zero attached hydrogens (tertiary/aromatic N) is 2. The van der Waals surface area contributed by atoms with E-state index >= 15 is 0 Å². The topological polar surface area (TPSA) is 17.8 Å². The molecule has 0 N–H and O–H groups in total. The molecule has 0 fully saturated rings. The number of hydrogen-bond donors (Lipinski definition) is 0. The third-order valence-corrected chi connectivity index (χ3v) is 1.66. The zero-order valence-corrected chi connectivity index (χ0v) is 7.59. The molecule has 0 aromatic carbocycles. The van der Waals surface area contributed by atoms with Gasteiger partial charge >= 0.3 is 0 Å². The predicted molar refractivity (Wildman–Crippen MR) is 45.9 cm³/mol. The Hall–Kier alpha value is -0.570. The highest BCUT2D eigenvalue weighted by Crippen LogP contribution is 2.07. The van der Waals surface area contributed by atoms with Gasteiger partial charge in [0.15, 0.2) is 0 Å². The van der Waals surface area contributed by atoms with Crippen molar-refractivity contribution in [3.63, 3.8) is 0 Å². The normalized spacial score (nSPS) is 11.1. The fraction of sp³-hybridized carbons (Fsp3) is 0.286.